The van der Waals surface area contributed by atoms with E-state index in [4.69, 9.17) is 4.74 Å². The van der Waals surface area contributed by atoms with Gasteiger partial charge in [0.2, 0.25) is 0 Å². The molecule has 5 atom stereocenters. The molecule has 3 aliphatic rings. The van der Waals surface area contributed by atoms with Crippen LogP contribution in [-0.2, 0) is 9.53 Å². The second kappa shape index (κ2) is 4.95. The fraction of sp³-hybridized carbons (Fsp3) is 0.769. The Balaban J connectivity index is 0.00000108. The first-order chi connectivity index (χ1) is 7.59. The van der Waals surface area contributed by atoms with E-state index in [9.17, 15) is 9.90 Å². The van der Waals surface area contributed by atoms with Crippen LogP contribution in [-0.4, -0.2) is 23.3 Å². The third kappa shape index (κ3) is 2.26. The molecule has 0 aromatic carbocycles. The predicted octanol–water partition coefficient (Wildman–Crippen LogP) is 1.51. The number of ether oxygens (including phenoxy) is 1. The largest absolute Gasteiger partial charge is 0.465 e. The molecule has 2 bridgehead atoms. The van der Waals surface area contributed by atoms with Gasteiger partial charge in [0.25, 0.3) is 0 Å². The Morgan fingerprint density at radius 3 is 2.65 bits per heavy atom. The van der Waals surface area contributed by atoms with Crippen molar-refractivity contribution in [2.45, 2.75) is 31.8 Å². The minimum Gasteiger partial charge on any atom is -0.465 e. The minimum absolute atomic E-state index is 0. The molecule has 91 valence electrons. The van der Waals surface area contributed by atoms with Gasteiger partial charge in [-0.05, 0) is 43.9 Å². The van der Waals surface area contributed by atoms with Crippen LogP contribution in [0, 0.1) is 67.7 Å². The first kappa shape index (κ1) is 14.0. The first-order valence-corrected chi connectivity index (χ1v) is 6.16. The zero-order valence-electron chi connectivity index (χ0n) is 10.1. The first-order valence-electron chi connectivity index (χ1n) is 6.16. The fourth-order valence-electron chi connectivity index (χ4n) is 3.74. The summed E-state index contributed by atoms with van der Waals surface area (Å²) in [6, 6.07) is 0. The molecular weight excluding hydrogens is 431 g/mol. The van der Waals surface area contributed by atoms with E-state index in [-0.39, 0.29) is 61.9 Å². The summed E-state index contributed by atoms with van der Waals surface area (Å²) >= 11 is 0. The molecule has 0 aromatic rings. The van der Waals surface area contributed by atoms with Crippen molar-refractivity contribution in [3.63, 3.8) is 0 Å². The van der Waals surface area contributed by atoms with Crippen molar-refractivity contribution in [3.8, 4) is 0 Å². The van der Waals surface area contributed by atoms with Gasteiger partial charge in [-0.2, -0.15) is 0 Å². The maximum atomic E-state index is 11.6. The molecule has 3 nitrogen and oxygen atoms in total. The number of cyclic esters (lactones) is 1. The number of fused-ring (bicyclic) bond motifs is 2. The monoisotopic (exact) mass is 449 g/mol. The molecule has 0 amide bonds. The van der Waals surface area contributed by atoms with Crippen molar-refractivity contribution in [1.29, 1.82) is 0 Å². The number of hydrogen-bond acceptors (Lipinski definition) is 3. The quantitative estimate of drug-likeness (QED) is 0.514. The summed E-state index contributed by atoms with van der Waals surface area (Å²) in [5.74, 6) is 0.799. The molecule has 1 saturated carbocycles. The van der Waals surface area contributed by atoms with E-state index >= 15 is 0 Å². The van der Waals surface area contributed by atoms with Crippen LogP contribution in [0.1, 0.15) is 26.2 Å². The normalized spacial score (nSPS) is 42.1. The molecule has 0 spiro atoms. The van der Waals surface area contributed by atoms with Gasteiger partial charge in [0.15, 0.2) is 0 Å². The standard InChI is InChI=1S/C13H18O3.Ac/c1-13(15,10-4-5-16-12(10)14)11-7-8-2-3-9(11)6-8;/h2-3,8-11,15H,4-7H2,1H3;. The smallest absolute Gasteiger partial charge is 0.311 e. The van der Waals surface area contributed by atoms with E-state index in [0.717, 1.165) is 12.8 Å². The van der Waals surface area contributed by atoms with Gasteiger partial charge < -0.3 is 9.84 Å². The topological polar surface area (TPSA) is 46.5 Å². The van der Waals surface area contributed by atoms with Crippen LogP contribution in [0.4, 0.5) is 0 Å². The Morgan fingerprint density at radius 1 is 1.41 bits per heavy atom. The summed E-state index contributed by atoms with van der Waals surface area (Å²) in [7, 11) is 0. The third-order valence-corrected chi connectivity index (χ3v) is 4.67. The Kier molecular flexibility index (Phi) is 4.08. The number of esters is 1. The van der Waals surface area contributed by atoms with Crippen LogP contribution < -0.4 is 0 Å². The Morgan fingerprint density at radius 2 is 2.18 bits per heavy atom. The number of hydrogen-bond donors (Lipinski definition) is 1. The summed E-state index contributed by atoms with van der Waals surface area (Å²) < 4.78 is 4.97. The van der Waals surface area contributed by atoms with E-state index in [1.165, 1.54) is 0 Å². The molecule has 2 aliphatic carbocycles. The molecule has 2 fully saturated rings. The van der Waals surface area contributed by atoms with Gasteiger partial charge in [-0.25, -0.2) is 0 Å². The fourth-order valence-corrected chi connectivity index (χ4v) is 3.74. The van der Waals surface area contributed by atoms with Gasteiger partial charge in [0.05, 0.1) is 18.1 Å². The van der Waals surface area contributed by atoms with Crippen molar-refractivity contribution in [1.82, 2.24) is 0 Å². The second-order valence-corrected chi connectivity index (χ2v) is 5.62. The van der Waals surface area contributed by atoms with Crippen molar-refractivity contribution < 1.29 is 58.7 Å². The Labute approximate surface area is 138 Å². The molecule has 1 saturated heterocycles. The van der Waals surface area contributed by atoms with Gasteiger partial charge in [-0.15, -0.1) is 0 Å². The maximum absolute atomic E-state index is 11.6. The minimum atomic E-state index is -0.891. The average Bonchev–Trinajstić information content (AvgIpc) is 2.91. The van der Waals surface area contributed by atoms with Crippen molar-refractivity contribution >= 4 is 5.97 Å². The van der Waals surface area contributed by atoms with Crippen LogP contribution in [0.15, 0.2) is 12.2 Å². The molecule has 1 aliphatic heterocycles. The van der Waals surface area contributed by atoms with E-state index in [1.54, 1.807) is 0 Å². The molecule has 1 N–H and O–H groups in total. The van der Waals surface area contributed by atoms with Gasteiger partial charge >= 0.3 is 5.97 Å². The van der Waals surface area contributed by atoms with Gasteiger partial charge in [0.1, 0.15) is 0 Å². The Hall–Kier alpha value is 0.612. The maximum Gasteiger partial charge on any atom is 0.311 e. The van der Waals surface area contributed by atoms with Crippen LogP contribution in [0.25, 0.3) is 0 Å². The predicted molar refractivity (Wildman–Crippen MR) is 58.5 cm³/mol. The van der Waals surface area contributed by atoms with Gasteiger partial charge in [0, 0.05) is 44.1 Å². The summed E-state index contributed by atoms with van der Waals surface area (Å²) in [6.45, 7) is 2.29. The zero-order valence-corrected chi connectivity index (χ0v) is 14.9. The number of allylic oxidation sites excluding steroid dienone is 2. The van der Waals surface area contributed by atoms with Crippen LogP contribution in [0.3, 0.4) is 0 Å². The second-order valence-electron chi connectivity index (χ2n) is 5.62. The Bertz CT molecular complexity index is 351. The molecular formula is C13H18AcO3. The molecule has 3 rings (SSSR count). The molecule has 1 heterocycles. The molecule has 17 heavy (non-hydrogen) atoms. The SMILES string of the molecule is CC(O)(C1CCOC1=O)C1CC2C=CC1C2.[Ac]. The summed E-state index contributed by atoms with van der Waals surface area (Å²) in [6.07, 6.45) is 7.32. The van der Waals surface area contributed by atoms with Gasteiger partial charge in [-0.1, -0.05) is 12.2 Å². The van der Waals surface area contributed by atoms with Crippen molar-refractivity contribution in [2.75, 3.05) is 6.61 Å². The van der Waals surface area contributed by atoms with Crippen molar-refractivity contribution in [2.24, 2.45) is 23.7 Å². The summed E-state index contributed by atoms with van der Waals surface area (Å²) in [5, 5.41) is 10.7. The van der Waals surface area contributed by atoms with E-state index in [0.29, 0.717) is 24.9 Å². The van der Waals surface area contributed by atoms with E-state index in [2.05, 4.69) is 12.2 Å². The molecule has 4 heteroatoms. The summed E-state index contributed by atoms with van der Waals surface area (Å²) in [4.78, 5) is 11.6. The third-order valence-electron chi connectivity index (χ3n) is 4.67. The zero-order chi connectivity index (χ0) is 11.3. The number of aliphatic hydroxyl groups is 1. The molecule has 5 unspecified atom stereocenters. The average molecular weight is 449 g/mol. The molecule has 1 radical (unpaired) electrons. The van der Waals surface area contributed by atoms with Crippen LogP contribution in [0.2, 0.25) is 0 Å². The van der Waals surface area contributed by atoms with Gasteiger partial charge in [-0.3, -0.25) is 4.79 Å². The number of carbonyl (C=O) groups is 1. The van der Waals surface area contributed by atoms with Crippen LogP contribution in [0.5, 0.6) is 0 Å². The number of rotatable bonds is 2. The van der Waals surface area contributed by atoms with E-state index in [1.807, 2.05) is 6.92 Å². The van der Waals surface area contributed by atoms with Crippen molar-refractivity contribution in [3.05, 3.63) is 12.2 Å². The number of carbonyl (C=O) groups excluding carboxylic acids is 1. The van der Waals surface area contributed by atoms with Crippen LogP contribution >= 0.6 is 0 Å². The molecule has 0 aromatic heterocycles. The summed E-state index contributed by atoms with van der Waals surface area (Å²) in [5.41, 5.74) is -0.891. The van der Waals surface area contributed by atoms with E-state index < -0.39 is 5.60 Å².